The maximum atomic E-state index is 13.6. The van der Waals surface area contributed by atoms with E-state index in [1.54, 1.807) is 0 Å². The summed E-state index contributed by atoms with van der Waals surface area (Å²) in [7, 11) is -4.61. The number of anilines is 2. The van der Waals surface area contributed by atoms with Crippen LogP contribution in [0.2, 0.25) is 5.02 Å². The van der Waals surface area contributed by atoms with E-state index in [1.165, 1.54) is 0 Å². The van der Waals surface area contributed by atoms with Gasteiger partial charge in [-0.3, -0.25) is 4.72 Å². The van der Waals surface area contributed by atoms with Crippen LogP contribution in [0.25, 0.3) is 0 Å². The van der Waals surface area contributed by atoms with Gasteiger partial charge in [-0.05, 0) is 30.3 Å². The van der Waals surface area contributed by atoms with E-state index in [9.17, 15) is 21.6 Å². The second-order valence-corrected chi connectivity index (χ2v) is 6.13. The second kappa shape index (κ2) is 5.45. The summed E-state index contributed by atoms with van der Waals surface area (Å²) >= 11 is 5.57. The molecule has 0 bridgehead atoms. The van der Waals surface area contributed by atoms with Crippen molar-refractivity contribution in [1.82, 2.24) is 0 Å². The second-order valence-electron chi connectivity index (χ2n) is 4.08. The summed E-state index contributed by atoms with van der Waals surface area (Å²) < 4.78 is 66.2. The quantitative estimate of drug-likeness (QED) is 0.846. The van der Waals surface area contributed by atoms with E-state index < -0.39 is 32.4 Å². The molecule has 0 radical (unpaired) electrons. The zero-order valence-electron chi connectivity index (χ0n) is 10.2. The summed E-state index contributed by atoms with van der Waals surface area (Å²) in [6, 6.07) is 4.18. The molecule has 0 amide bonds. The zero-order valence-corrected chi connectivity index (χ0v) is 11.8. The van der Waals surface area contributed by atoms with Crippen molar-refractivity contribution < 1.29 is 21.6 Å². The molecule has 2 aromatic carbocycles. The van der Waals surface area contributed by atoms with Crippen LogP contribution < -0.4 is 10.5 Å². The topological polar surface area (TPSA) is 72.2 Å². The van der Waals surface area contributed by atoms with Crippen LogP contribution in [0.1, 0.15) is 0 Å². The minimum atomic E-state index is -4.61. The van der Waals surface area contributed by atoms with Gasteiger partial charge >= 0.3 is 0 Å². The van der Waals surface area contributed by atoms with E-state index in [0.29, 0.717) is 12.1 Å². The van der Waals surface area contributed by atoms with E-state index in [4.69, 9.17) is 17.3 Å². The molecule has 0 aliphatic carbocycles. The lowest BCUT2D eigenvalue weighted by Gasteiger charge is -2.10. The lowest BCUT2D eigenvalue weighted by Crippen LogP contribution is -2.17. The molecule has 0 saturated heterocycles. The summed E-state index contributed by atoms with van der Waals surface area (Å²) in [4.78, 5) is -1.21. The van der Waals surface area contributed by atoms with Crippen molar-refractivity contribution in [3.05, 3.63) is 52.8 Å². The number of nitrogen functional groups attached to an aromatic ring is 1. The average Bonchev–Trinajstić information content (AvgIpc) is 2.23. The summed E-state index contributed by atoms with van der Waals surface area (Å²) in [5.41, 5.74) is 4.67. The third kappa shape index (κ3) is 3.40. The van der Waals surface area contributed by atoms with E-state index in [2.05, 4.69) is 0 Å². The predicted octanol–water partition coefficient (Wildman–Crippen LogP) is 3.14. The van der Waals surface area contributed by atoms with Crippen LogP contribution in [0.4, 0.5) is 24.5 Å². The minimum absolute atomic E-state index is 0.0778. The molecule has 0 spiro atoms. The zero-order chi connectivity index (χ0) is 15.8. The van der Waals surface area contributed by atoms with Crippen LogP contribution in [0, 0.1) is 17.5 Å². The van der Waals surface area contributed by atoms with E-state index in [0.717, 1.165) is 18.2 Å². The Morgan fingerprint density at radius 2 is 1.57 bits per heavy atom. The molecule has 0 heterocycles. The smallest absolute Gasteiger partial charge is 0.267 e. The normalized spacial score (nSPS) is 11.4. The van der Waals surface area contributed by atoms with Crippen LogP contribution >= 0.6 is 11.6 Å². The average molecular weight is 337 g/mol. The molecule has 0 saturated carbocycles. The molecule has 0 aromatic heterocycles. The Morgan fingerprint density at radius 3 is 2.10 bits per heavy atom. The van der Waals surface area contributed by atoms with E-state index in [-0.39, 0.29) is 16.4 Å². The van der Waals surface area contributed by atoms with Crippen LogP contribution in [0.5, 0.6) is 0 Å². The van der Waals surface area contributed by atoms with Crippen LogP contribution in [-0.4, -0.2) is 8.42 Å². The molecule has 112 valence electrons. The fourth-order valence-electron chi connectivity index (χ4n) is 1.66. The van der Waals surface area contributed by atoms with Gasteiger partial charge in [-0.15, -0.1) is 0 Å². The van der Waals surface area contributed by atoms with Crippen molar-refractivity contribution in [3.63, 3.8) is 0 Å². The molecule has 3 N–H and O–H groups in total. The molecule has 0 aliphatic heterocycles. The maximum Gasteiger partial charge on any atom is 0.267 e. The van der Waals surface area contributed by atoms with Crippen molar-refractivity contribution in [2.24, 2.45) is 0 Å². The molecule has 4 nitrogen and oxygen atoms in total. The Balaban J connectivity index is 2.48. The lowest BCUT2D eigenvalue weighted by molar-refractivity contribution is 0.522. The third-order valence-electron chi connectivity index (χ3n) is 2.40. The fraction of sp³-hybridized carbons (Fsp3) is 0. The van der Waals surface area contributed by atoms with Crippen molar-refractivity contribution >= 4 is 33.0 Å². The van der Waals surface area contributed by atoms with Crippen LogP contribution in [-0.2, 0) is 10.0 Å². The van der Waals surface area contributed by atoms with Gasteiger partial charge in [0.25, 0.3) is 10.0 Å². The van der Waals surface area contributed by atoms with Gasteiger partial charge in [0.05, 0.1) is 5.69 Å². The van der Waals surface area contributed by atoms with Gasteiger partial charge in [-0.1, -0.05) is 11.6 Å². The molecule has 0 aliphatic rings. The van der Waals surface area contributed by atoms with Gasteiger partial charge in [-0.2, -0.15) is 0 Å². The molecule has 0 atom stereocenters. The molecule has 2 rings (SSSR count). The van der Waals surface area contributed by atoms with E-state index in [1.807, 2.05) is 4.72 Å². The summed E-state index contributed by atoms with van der Waals surface area (Å²) in [5, 5.41) is -0.0778. The molecule has 21 heavy (non-hydrogen) atoms. The standard InChI is InChI=1S/C12H8ClF3N2O2S/c13-6-1-7(14)3-9(2-6)18-21(19,20)12-10(15)4-8(17)5-11(12)16/h1-5,18H,17H2. The SMILES string of the molecule is Nc1cc(F)c(S(=O)(=O)Nc2cc(F)cc(Cl)c2)c(F)c1. The molecule has 2 aromatic rings. The fourth-order valence-corrected chi connectivity index (χ4v) is 3.04. The first-order chi connectivity index (χ1) is 9.69. The van der Waals surface area contributed by atoms with Crippen molar-refractivity contribution in [1.29, 1.82) is 0 Å². The van der Waals surface area contributed by atoms with Gasteiger partial charge in [0.2, 0.25) is 0 Å². The number of nitrogens with one attached hydrogen (secondary N) is 1. The molecule has 0 fully saturated rings. The molecular weight excluding hydrogens is 329 g/mol. The first kappa shape index (κ1) is 15.5. The van der Waals surface area contributed by atoms with Gasteiger partial charge < -0.3 is 5.73 Å². The van der Waals surface area contributed by atoms with Gasteiger partial charge in [0.15, 0.2) is 4.90 Å². The maximum absolute atomic E-state index is 13.6. The van der Waals surface area contributed by atoms with Crippen molar-refractivity contribution in [2.75, 3.05) is 10.5 Å². The van der Waals surface area contributed by atoms with Crippen LogP contribution in [0.15, 0.2) is 35.2 Å². The monoisotopic (exact) mass is 336 g/mol. The number of benzene rings is 2. The Hall–Kier alpha value is -1.93. The number of hydrogen-bond acceptors (Lipinski definition) is 3. The van der Waals surface area contributed by atoms with Gasteiger partial charge in [0.1, 0.15) is 17.5 Å². The Morgan fingerprint density at radius 1 is 1.00 bits per heavy atom. The number of hydrogen-bond donors (Lipinski definition) is 2. The Labute approximate surface area is 123 Å². The number of nitrogens with two attached hydrogens (primary N) is 1. The minimum Gasteiger partial charge on any atom is -0.399 e. The Bertz CT molecular complexity index is 769. The number of rotatable bonds is 3. The summed E-state index contributed by atoms with van der Waals surface area (Å²) in [6.07, 6.45) is 0. The third-order valence-corrected chi connectivity index (χ3v) is 4.05. The number of halogens is 4. The molecule has 0 unspecified atom stereocenters. The highest BCUT2D eigenvalue weighted by molar-refractivity contribution is 7.92. The van der Waals surface area contributed by atoms with Gasteiger partial charge in [0, 0.05) is 10.7 Å². The van der Waals surface area contributed by atoms with E-state index >= 15 is 0 Å². The van der Waals surface area contributed by atoms with Crippen molar-refractivity contribution in [2.45, 2.75) is 4.90 Å². The van der Waals surface area contributed by atoms with Gasteiger partial charge in [-0.25, -0.2) is 21.6 Å². The highest BCUT2D eigenvalue weighted by Crippen LogP contribution is 2.25. The Kier molecular flexibility index (Phi) is 4.02. The lowest BCUT2D eigenvalue weighted by atomic mass is 10.3. The number of sulfonamides is 1. The molecule has 9 heteroatoms. The summed E-state index contributed by atoms with van der Waals surface area (Å²) in [5.74, 6) is -3.52. The first-order valence-corrected chi connectivity index (χ1v) is 7.28. The summed E-state index contributed by atoms with van der Waals surface area (Å²) in [6.45, 7) is 0. The molecular formula is C12H8ClF3N2O2S. The van der Waals surface area contributed by atoms with Crippen molar-refractivity contribution in [3.8, 4) is 0 Å². The highest BCUT2D eigenvalue weighted by Gasteiger charge is 2.25. The first-order valence-electron chi connectivity index (χ1n) is 5.42. The largest absolute Gasteiger partial charge is 0.399 e. The highest BCUT2D eigenvalue weighted by atomic mass is 35.5. The van der Waals surface area contributed by atoms with Crippen LogP contribution in [0.3, 0.4) is 0 Å². The predicted molar refractivity (Wildman–Crippen MR) is 73.0 cm³/mol.